The summed E-state index contributed by atoms with van der Waals surface area (Å²) in [5.74, 6) is 0.304. The van der Waals surface area contributed by atoms with E-state index in [2.05, 4.69) is 53.2 Å². The van der Waals surface area contributed by atoms with Crippen molar-refractivity contribution in [3.8, 4) is 0 Å². The van der Waals surface area contributed by atoms with E-state index in [0.29, 0.717) is 12.1 Å². The van der Waals surface area contributed by atoms with Crippen LogP contribution >= 0.6 is 0 Å². The lowest BCUT2D eigenvalue weighted by molar-refractivity contribution is -0.124. The van der Waals surface area contributed by atoms with Gasteiger partial charge in [-0.25, -0.2) is 5.48 Å². The van der Waals surface area contributed by atoms with Gasteiger partial charge in [-0.05, 0) is 67.4 Å². The lowest BCUT2D eigenvalue weighted by Crippen LogP contribution is -2.36. The predicted octanol–water partition coefficient (Wildman–Crippen LogP) is 4.98. The molecule has 5 nitrogen and oxygen atoms in total. The normalized spacial score (nSPS) is 23.2. The summed E-state index contributed by atoms with van der Waals surface area (Å²) >= 11 is 0. The van der Waals surface area contributed by atoms with E-state index in [1.807, 2.05) is 12.1 Å². The van der Waals surface area contributed by atoms with Crippen LogP contribution in [0.3, 0.4) is 0 Å². The molecule has 1 saturated heterocycles. The van der Waals surface area contributed by atoms with Crippen molar-refractivity contribution in [3.05, 3.63) is 77.0 Å². The summed E-state index contributed by atoms with van der Waals surface area (Å²) in [7, 11) is 0. The van der Waals surface area contributed by atoms with Crippen LogP contribution in [0.1, 0.15) is 48.1 Å². The van der Waals surface area contributed by atoms with E-state index in [4.69, 9.17) is 5.21 Å². The van der Waals surface area contributed by atoms with E-state index in [9.17, 15) is 4.79 Å². The fourth-order valence-corrected chi connectivity index (χ4v) is 5.92. The maximum atomic E-state index is 11.2. The van der Waals surface area contributed by atoms with Crippen molar-refractivity contribution in [1.82, 2.24) is 15.4 Å². The Hall–Kier alpha value is -2.89. The van der Waals surface area contributed by atoms with Gasteiger partial charge in [0.05, 0.1) is 0 Å². The summed E-state index contributed by atoms with van der Waals surface area (Å²) in [6.07, 6.45) is 9.45. The van der Waals surface area contributed by atoms with Gasteiger partial charge in [0.25, 0.3) is 5.91 Å². The lowest BCUT2D eigenvalue weighted by Gasteiger charge is -2.30. The molecule has 166 valence electrons. The average molecular weight is 430 g/mol. The van der Waals surface area contributed by atoms with Gasteiger partial charge < -0.3 is 4.98 Å². The van der Waals surface area contributed by atoms with Gasteiger partial charge in [0.15, 0.2) is 0 Å². The second-order valence-electron chi connectivity index (χ2n) is 9.35. The third kappa shape index (κ3) is 4.10. The zero-order valence-electron chi connectivity index (χ0n) is 18.6. The largest absolute Gasteiger partial charge is 0.358 e. The van der Waals surface area contributed by atoms with E-state index in [1.165, 1.54) is 59.5 Å². The van der Waals surface area contributed by atoms with Crippen molar-refractivity contribution in [2.75, 3.05) is 0 Å². The minimum atomic E-state index is -0.520. The first-order chi connectivity index (χ1) is 15.6. The quantitative estimate of drug-likeness (QED) is 0.294. The fourth-order valence-electron chi connectivity index (χ4n) is 5.92. The van der Waals surface area contributed by atoms with Crippen molar-refractivity contribution in [2.45, 2.75) is 57.7 Å². The molecule has 1 amide bonds. The van der Waals surface area contributed by atoms with Gasteiger partial charge >= 0.3 is 0 Å². The smallest absolute Gasteiger partial charge is 0.267 e. The first kappa shape index (κ1) is 21.0. The Morgan fingerprint density at radius 1 is 1.19 bits per heavy atom. The molecule has 3 atom stereocenters. The highest BCUT2D eigenvalue weighted by atomic mass is 16.5. The van der Waals surface area contributed by atoms with Crippen LogP contribution in [0.15, 0.2) is 54.6 Å². The Morgan fingerprint density at radius 2 is 2.00 bits per heavy atom. The number of hydrogen-bond donors (Lipinski definition) is 3. The second-order valence-corrected chi connectivity index (χ2v) is 9.35. The molecule has 0 radical (unpaired) electrons. The van der Waals surface area contributed by atoms with Gasteiger partial charge in [0.2, 0.25) is 0 Å². The van der Waals surface area contributed by atoms with E-state index >= 15 is 0 Å². The van der Waals surface area contributed by atoms with Crippen molar-refractivity contribution in [3.63, 3.8) is 0 Å². The van der Waals surface area contributed by atoms with E-state index in [-0.39, 0.29) is 0 Å². The number of amides is 1. The van der Waals surface area contributed by atoms with Crippen LogP contribution in [0.2, 0.25) is 0 Å². The van der Waals surface area contributed by atoms with Crippen LogP contribution in [0.4, 0.5) is 0 Å². The Labute approximate surface area is 189 Å². The van der Waals surface area contributed by atoms with E-state index in [1.54, 1.807) is 11.6 Å². The highest BCUT2D eigenvalue weighted by Crippen LogP contribution is 2.43. The Balaban J connectivity index is 1.35. The average Bonchev–Trinajstić information content (AvgIpc) is 3.48. The highest BCUT2D eigenvalue weighted by molar-refractivity contribution is 5.90. The number of H-pyrrole nitrogens is 1. The van der Waals surface area contributed by atoms with Gasteiger partial charge in [-0.1, -0.05) is 48.9 Å². The van der Waals surface area contributed by atoms with Crippen LogP contribution in [-0.4, -0.2) is 33.1 Å². The molecule has 0 unspecified atom stereocenters. The summed E-state index contributed by atoms with van der Waals surface area (Å²) in [4.78, 5) is 17.5. The zero-order chi connectivity index (χ0) is 22.1. The third-order valence-electron chi connectivity index (χ3n) is 7.44. The second kappa shape index (κ2) is 8.93. The maximum Gasteiger partial charge on any atom is 0.267 e. The number of nitrogens with one attached hydrogen (secondary N) is 2. The maximum absolute atomic E-state index is 11.2. The number of fused-ring (bicyclic) bond motifs is 2. The summed E-state index contributed by atoms with van der Waals surface area (Å²) in [6, 6.07) is 18.3. The number of aromatic amines is 1. The third-order valence-corrected chi connectivity index (χ3v) is 7.44. The number of benzene rings is 2. The van der Waals surface area contributed by atoms with Crippen LogP contribution in [0, 0.1) is 12.8 Å². The standard InChI is InChI=1S/C27H31N3O2/c1-18-24(23-6-2-3-7-25(23)28-18)16-22-15-21-5-4-8-26(21)30(22)17-20-11-9-19(10-12-20)13-14-27(31)29-32/h2-3,6-7,9-14,21-22,26,28,32H,4-5,8,15-17H2,1H3,(H,29,31)/t21-,22-,26-/m1/s1. The summed E-state index contributed by atoms with van der Waals surface area (Å²) in [5, 5.41) is 9.99. The SMILES string of the molecule is Cc1[nH]c2ccccc2c1C[C@H]1C[C@H]2CCC[C@H]2N1Cc1ccc(C=CC(=O)NO)cc1. The monoisotopic (exact) mass is 429 g/mol. The molecular formula is C27H31N3O2. The number of aryl methyl sites for hydroxylation is 1. The summed E-state index contributed by atoms with van der Waals surface area (Å²) in [5.41, 5.74) is 7.88. The van der Waals surface area contributed by atoms with Gasteiger partial charge in [-0.2, -0.15) is 0 Å². The molecule has 32 heavy (non-hydrogen) atoms. The molecule has 0 spiro atoms. The van der Waals surface area contributed by atoms with Crippen molar-refractivity contribution in [2.24, 2.45) is 5.92 Å². The molecule has 2 aromatic carbocycles. The molecule has 3 aromatic rings. The Kier molecular flexibility index (Phi) is 5.85. The number of carbonyl (C=O) groups excluding carboxylic acids is 1. The molecule has 2 aliphatic rings. The van der Waals surface area contributed by atoms with E-state index in [0.717, 1.165) is 24.4 Å². The molecule has 5 rings (SSSR count). The van der Waals surface area contributed by atoms with E-state index < -0.39 is 5.91 Å². The number of hydrogen-bond acceptors (Lipinski definition) is 3. The van der Waals surface area contributed by atoms with Crippen LogP contribution in [0.5, 0.6) is 0 Å². The molecular weight excluding hydrogens is 398 g/mol. The Bertz CT molecular complexity index is 1130. The van der Waals surface area contributed by atoms with Gasteiger partial charge in [0, 0.05) is 41.3 Å². The van der Waals surface area contributed by atoms with Crippen molar-refractivity contribution < 1.29 is 10.0 Å². The zero-order valence-corrected chi connectivity index (χ0v) is 18.6. The first-order valence-corrected chi connectivity index (χ1v) is 11.7. The first-order valence-electron chi connectivity index (χ1n) is 11.7. The molecule has 3 N–H and O–H groups in total. The number of hydroxylamine groups is 1. The lowest BCUT2D eigenvalue weighted by atomic mass is 9.96. The highest BCUT2D eigenvalue weighted by Gasteiger charge is 2.43. The molecule has 2 fully saturated rings. The van der Waals surface area contributed by atoms with Gasteiger partial charge in [0.1, 0.15) is 0 Å². The number of nitrogens with zero attached hydrogens (tertiary/aromatic N) is 1. The topological polar surface area (TPSA) is 68.4 Å². The van der Waals surface area contributed by atoms with Gasteiger partial charge in [-0.3, -0.25) is 14.9 Å². The van der Waals surface area contributed by atoms with Crippen LogP contribution in [0.25, 0.3) is 17.0 Å². The number of para-hydroxylation sites is 1. The number of carbonyl (C=O) groups is 1. The van der Waals surface area contributed by atoms with Crippen molar-refractivity contribution in [1.29, 1.82) is 0 Å². The molecule has 5 heteroatoms. The van der Waals surface area contributed by atoms with Crippen molar-refractivity contribution >= 4 is 22.9 Å². The molecule has 1 aromatic heterocycles. The molecule has 0 bridgehead atoms. The van der Waals surface area contributed by atoms with Crippen LogP contribution < -0.4 is 5.48 Å². The summed E-state index contributed by atoms with van der Waals surface area (Å²) < 4.78 is 0. The van der Waals surface area contributed by atoms with Crippen LogP contribution in [-0.2, 0) is 17.8 Å². The minimum absolute atomic E-state index is 0.520. The fraction of sp³-hybridized carbons (Fsp3) is 0.370. The molecule has 1 aliphatic heterocycles. The summed E-state index contributed by atoms with van der Waals surface area (Å²) in [6.45, 7) is 3.17. The molecule has 2 heterocycles. The Morgan fingerprint density at radius 3 is 2.81 bits per heavy atom. The minimum Gasteiger partial charge on any atom is -0.358 e. The number of likely N-dealkylation sites (tertiary alicyclic amines) is 1. The molecule has 1 aliphatic carbocycles. The van der Waals surface area contributed by atoms with Gasteiger partial charge in [-0.15, -0.1) is 0 Å². The molecule has 1 saturated carbocycles. The predicted molar refractivity (Wildman–Crippen MR) is 127 cm³/mol. The number of aromatic nitrogens is 1. The number of rotatable bonds is 6.